The predicted octanol–water partition coefficient (Wildman–Crippen LogP) is 1.29. The molecule has 1 atom stereocenters. The molecule has 1 aliphatic carbocycles. The molecule has 5 nitrogen and oxygen atoms in total. The number of benzene rings is 1. The van der Waals surface area contributed by atoms with Gasteiger partial charge < -0.3 is 5.11 Å². The molecule has 7 heteroatoms. The number of aliphatic hydroxyl groups is 1. The van der Waals surface area contributed by atoms with Gasteiger partial charge in [0.1, 0.15) is 10.7 Å². The number of rotatable bonds is 5. The summed E-state index contributed by atoms with van der Waals surface area (Å²) < 4.78 is 40.7. The van der Waals surface area contributed by atoms with Crippen LogP contribution in [0.3, 0.4) is 0 Å². The van der Waals surface area contributed by atoms with Crippen LogP contribution in [0.5, 0.6) is 0 Å². The Balaban J connectivity index is 1.52. The van der Waals surface area contributed by atoms with E-state index in [1.165, 1.54) is 35.3 Å². The number of hydrogen-bond acceptors (Lipinski definition) is 4. The van der Waals surface area contributed by atoms with Crippen LogP contribution in [0.4, 0.5) is 4.39 Å². The second-order valence-corrected chi connectivity index (χ2v) is 9.44. The summed E-state index contributed by atoms with van der Waals surface area (Å²) >= 11 is 0. The Kier molecular flexibility index (Phi) is 3.95. The second-order valence-electron chi connectivity index (χ2n) is 7.53. The first kappa shape index (κ1) is 16.4. The van der Waals surface area contributed by atoms with Gasteiger partial charge in [0.2, 0.25) is 10.0 Å². The van der Waals surface area contributed by atoms with Crippen LogP contribution in [-0.4, -0.2) is 61.1 Å². The lowest BCUT2D eigenvalue weighted by molar-refractivity contribution is 0.0167. The third-order valence-electron chi connectivity index (χ3n) is 5.65. The fourth-order valence-electron chi connectivity index (χ4n) is 4.14. The average molecular weight is 354 g/mol. The predicted molar refractivity (Wildman–Crippen MR) is 87.4 cm³/mol. The van der Waals surface area contributed by atoms with Crippen LogP contribution in [0.2, 0.25) is 0 Å². The van der Waals surface area contributed by atoms with Gasteiger partial charge in [0.05, 0.1) is 0 Å². The Morgan fingerprint density at radius 2 is 1.92 bits per heavy atom. The van der Waals surface area contributed by atoms with Crippen molar-refractivity contribution in [2.75, 3.05) is 32.8 Å². The molecule has 4 rings (SSSR count). The average Bonchev–Trinajstić information content (AvgIpc) is 3.24. The summed E-state index contributed by atoms with van der Waals surface area (Å²) in [4.78, 5) is 2.13. The summed E-state index contributed by atoms with van der Waals surface area (Å²) in [6.07, 6.45) is 3.31. The molecule has 3 aliphatic rings. The van der Waals surface area contributed by atoms with Crippen LogP contribution in [0, 0.1) is 17.7 Å². The lowest BCUT2D eigenvalue weighted by Crippen LogP contribution is -2.69. The summed E-state index contributed by atoms with van der Waals surface area (Å²) in [5, 5.41) is 9.52. The zero-order valence-electron chi connectivity index (χ0n) is 13.6. The van der Waals surface area contributed by atoms with Gasteiger partial charge in [-0.05, 0) is 43.2 Å². The zero-order valence-corrected chi connectivity index (χ0v) is 14.4. The van der Waals surface area contributed by atoms with Gasteiger partial charge in [0.15, 0.2) is 0 Å². The van der Waals surface area contributed by atoms with Crippen LogP contribution in [0.25, 0.3) is 0 Å². The fraction of sp³-hybridized carbons (Fsp3) is 0.647. The first-order valence-corrected chi connectivity index (χ1v) is 9.99. The highest BCUT2D eigenvalue weighted by Gasteiger charge is 2.57. The summed E-state index contributed by atoms with van der Waals surface area (Å²) in [7, 11) is -3.79. The van der Waals surface area contributed by atoms with Crippen LogP contribution >= 0.6 is 0 Å². The van der Waals surface area contributed by atoms with Crippen molar-refractivity contribution in [1.82, 2.24) is 9.21 Å². The molecule has 1 saturated carbocycles. The van der Waals surface area contributed by atoms with Crippen LogP contribution in [0.15, 0.2) is 29.2 Å². The van der Waals surface area contributed by atoms with Crippen molar-refractivity contribution < 1.29 is 17.9 Å². The van der Waals surface area contributed by atoms with Gasteiger partial charge in [0.25, 0.3) is 0 Å². The highest BCUT2D eigenvalue weighted by atomic mass is 32.2. The van der Waals surface area contributed by atoms with E-state index >= 15 is 0 Å². The van der Waals surface area contributed by atoms with E-state index in [-0.39, 0.29) is 23.0 Å². The molecular formula is C17H23FN2O3S. The number of sulfonamides is 1. The minimum atomic E-state index is -3.79. The molecule has 0 aromatic heterocycles. The van der Waals surface area contributed by atoms with E-state index in [1.54, 1.807) is 6.07 Å². The number of nitrogens with zero attached hydrogens (tertiary/aromatic N) is 2. The smallest absolute Gasteiger partial charge is 0.246 e. The Bertz CT molecular complexity index is 729. The largest absolute Gasteiger partial charge is 0.396 e. The molecule has 2 aliphatic heterocycles. The van der Waals surface area contributed by atoms with Crippen LogP contribution in [-0.2, 0) is 10.0 Å². The first-order valence-electron chi connectivity index (χ1n) is 8.55. The summed E-state index contributed by atoms with van der Waals surface area (Å²) in [6, 6.07) is 5.54. The molecule has 1 spiro atoms. The molecule has 1 aromatic carbocycles. The van der Waals surface area contributed by atoms with Crippen LogP contribution < -0.4 is 0 Å². The Morgan fingerprint density at radius 1 is 1.21 bits per heavy atom. The maximum Gasteiger partial charge on any atom is 0.246 e. The number of hydrogen-bond donors (Lipinski definition) is 1. The van der Waals surface area contributed by atoms with Crippen molar-refractivity contribution in [3.8, 4) is 0 Å². The fourth-order valence-corrected chi connectivity index (χ4v) is 5.80. The van der Waals surface area contributed by atoms with Gasteiger partial charge in [-0.3, -0.25) is 4.90 Å². The Morgan fingerprint density at radius 3 is 2.54 bits per heavy atom. The maximum absolute atomic E-state index is 13.9. The van der Waals surface area contributed by atoms with Crippen molar-refractivity contribution >= 4 is 10.0 Å². The molecule has 2 saturated heterocycles. The van der Waals surface area contributed by atoms with Gasteiger partial charge in [-0.2, -0.15) is 4.31 Å². The number of likely N-dealkylation sites (tertiary alicyclic amines) is 1. The van der Waals surface area contributed by atoms with E-state index in [0.29, 0.717) is 13.1 Å². The van der Waals surface area contributed by atoms with Crippen molar-refractivity contribution in [3.63, 3.8) is 0 Å². The lowest BCUT2D eigenvalue weighted by Gasteiger charge is -2.52. The maximum atomic E-state index is 13.9. The van der Waals surface area contributed by atoms with Gasteiger partial charge in [-0.15, -0.1) is 0 Å². The third kappa shape index (κ3) is 2.67. The molecule has 3 fully saturated rings. The molecule has 2 heterocycles. The van der Waals surface area contributed by atoms with Crippen LogP contribution in [0.1, 0.15) is 19.3 Å². The van der Waals surface area contributed by atoms with Gasteiger partial charge in [-0.25, -0.2) is 12.8 Å². The molecule has 24 heavy (non-hydrogen) atoms. The summed E-state index contributed by atoms with van der Waals surface area (Å²) in [5.74, 6) is 0.228. The van der Waals surface area contributed by atoms with Crippen molar-refractivity contribution in [1.29, 1.82) is 0 Å². The van der Waals surface area contributed by atoms with Gasteiger partial charge in [-0.1, -0.05) is 12.1 Å². The summed E-state index contributed by atoms with van der Waals surface area (Å²) in [5.41, 5.74) is -0.172. The molecular weight excluding hydrogens is 331 g/mol. The molecule has 0 amide bonds. The topological polar surface area (TPSA) is 60.9 Å². The Labute approximate surface area is 142 Å². The minimum Gasteiger partial charge on any atom is -0.396 e. The standard InChI is InChI=1S/C17H23FN2O3S/c18-15-3-1-2-4-16(15)24(22,23)20-11-17(12-20)7-14(10-21)9-19(17)8-13-5-6-13/h1-4,13-14,21H,5-12H2/t14-/m0/s1. The third-order valence-corrected chi connectivity index (χ3v) is 7.47. The van der Waals surface area contributed by atoms with E-state index in [4.69, 9.17) is 0 Å². The Hall–Kier alpha value is -1.02. The van der Waals surface area contributed by atoms with Crippen molar-refractivity contribution in [2.45, 2.75) is 29.7 Å². The zero-order chi connectivity index (χ0) is 16.9. The molecule has 132 valence electrons. The normalized spacial score (nSPS) is 27.5. The number of halogens is 1. The molecule has 1 N–H and O–H groups in total. The van der Waals surface area contributed by atoms with E-state index < -0.39 is 15.8 Å². The van der Waals surface area contributed by atoms with Gasteiger partial charge >= 0.3 is 0 Å². The minimum absolute atomic E-state index is 0.142. The van der Waals surface area contributed by atoms with Gasteiger partial charge in [0, 0.05) is 38.3 Å². The molecule has 1 aromatic rings. The highest BCUT2D eigenvalue weighted by molar-refractivity contribution is 7.89. The quantitative estimate of drug-likeness (QED) is 0.866. The highest BCUT2D eigenvalue weighted by Crippen LogP contribution is 2.44. The van der Waals surface area contributed by atoms with E-state index in [1.807, 2.05) is 0 Å². The monoisotopic (exact) mass is 354 g/mol. The van der Waals surface area contributed by atoms with E-state index in [2.05, 4.69) is 4.90 Å². The molecule has 0 radical (unpaired) electrons. The van der Waals surface area contributed by atoms with Crippen molar-refractivity contribution in [3.05, 3.63) is 30.1 Å². The summed E-state index contributed by atoms with van der Waals surface area (Å²) in [6.45, 7) is 2.76. The molecule has 0 bridgehead atoms. The van der Waals surface area contributed by atoms with E-state index in [9.17, 15) is 17.9 Å². The second kappa shape index (κ2) is 5.76. The number of aliphatic hydroxyl groups excluding tert-OH is 1. The van der Waals surface area contributed by atoms with E-state index in [0.717, 1.165) is 25.4 Å². The first-order chi connectivity index (χ1) is 11.4. The lowest BCUT2D eigenvalue weighted by atomic mass is 9.86. The van der Waals surface area contributed by atoms with Crippen molar-refractivity contribution in [2.24, 2.45) is 11.8 Å². The molecule has 0 unspecified atom stereocenters. The SMILES string of the molecule is O=S(=O)(c1ccccc1F)N1CC2(C[C@H](CO)CN2CC2CC2)C1.